The third kappa shape index (κ3) is 2.84. The number of morpholine rings is 1. The van der Waals surface area contributed by atoms with Gasteiger partial charge in [-0.05, 0) is 18.2 Å². The number of aromatic carboxylic acids is 1. The van der Waals surface area contributed by atoms with Gasteiger partial charge in [-0.1, -0.05) is 0 Å². The van der Waals surface area contributed by atoms with Crippen LogP contribution in [0.5, 0.6) is 0 Å². The molecule has 0 saturated carbocycles. The van der Waals surface area contributed by atoms with Crippen molar-refractivity contribution in [2.75, 3.05) is 32.8 Å². The molecule has 0 amide bonds. The number of fused-ring (bicyclic) bond motifs is 1. The van der Waals surface area contributed by atoms with Crippen LogP contribution in [-0.2, 0) is 11.3 Å². The molecule has 0 aliphatic carbocycles. The summed E-state index contributed by atoms with van der Waals surface area (Å²) in [4.78, 5) is 27.9. The summed E-state index contributed by atoms with van der Waals surface area (Å²) in [5, 5.41) is 8.98. The van der Waals surface area contributed by atoms with E-state index in [1.165, 1.54) is 12.1 Å². The molecule has 3 rings (SSSR count). The van der Waals surface area contributed by atoms with Crippen LogP contribution in [-0.4, -0.2) is 58.4 Å². The van der Waals surface area contributed by atoms with Crippen molar-refractivity contribution in [3.05, 3.63) is 34.2 Å². The maximum absolute atomic E-state index is 12.0. The predicted molar refractivity (Wildman–Crippen MR) is 76.8 cm³/mol. The number of nitrogens with one attached hydrogen (secondary N) is 1. The van der Waals surface area contributed by atoms with E-state index in [1.807, 2.05) is 0 Å². The van der Waals surface area contributed by atoms with Gasteiger partial charge in [-0.25, -0.2) is 9.59 Å². The number of H-pyrrole nitrogens is 1. The molecule has 0 spiro atoms. The van der Waals surface area contributed by atoms with Crippen molar-refractivity contribution >= 4 is 17.0 Å². The number of aromatic nitrogens is 2. The Bertz CT molecular complexity index is 713. The normalized spacial score (nSPS) is 16.4. The molecule has 2 N–H and O–H groups in total. The average Bonchev–Trinajstić information content (AvgIpc) is 2.80. The van der Waals surface area contributed by atoms with E-state index in [0.29, 0.717) is 12.1 Å². The van der Waals surface area contributed by atoms with E-state index in [4.69, 9.17) is 9.84 Å². The predicted octanol–water partition coefficient (Wildman–Crippen LogP) is 0.360. The Morgan fingerprint density at radius 3 is 2.76 bits per heavy atom. The number of aromatic amines is 1. The smallest absolute Gasteiger partial charge is 0.335 e. The standard InChI is InChI=1S/C14H17N3O4/c18-13(19)10-1-2-12-11(9-10)15-14(20)17(12)4-3-16-5-7-21-8-6-16/h1-2,9H,3-8H2,(H,15,20)(H,18,19). The number of hydrogen-bond donors (Lipinski definition) is 2. The summed E-state index contributed by atoms with van der Waals surface area (Å²) in [5.74, 6) is -1.00. The van der Waals surface area contributed by atoms with Crippen LogP contribution in [0.1, 0.15) is 10.4 Å². The van der Waals surface area contributed by atoms with Crippen LogP contribution in [0.4, 0.5) is 0 Å². The van der Waals surface area contributed by atoms with Crippen LogP contribution >= 0.6 is 0 Å². The van der Waals surface area contributed by atoms with Gasteiger partial charge in [0, 0.05) is 26.2 Å². The summed E-state index contributed by atoms with van der Waals surface area (Å²) in [6, 6.07) is 4.68. The summed E-state index contributed by atoms with van der Waals surface area (Å²) in [7, 11) is 0. The van der Waals surface area contributed by atoms with Gasteiger partial charge in [0.2, 0.25) is 0 Å². The highest BCUT2D eigenvalue weighted by molar-refractivity contribution is 5.92. The number of rotatable bonds is 4. The first-order valence-corrected chi connectivity index (χ1v) is 6.91. The van der Waals surface area contributed by atoms with Crippen molar-refractivity contribution in [2.45, 2.75) is 6.54 Å². The highest BCUT2D eigenvalue weighted by Gasteiger charge is 2.13. The van der Waals surface area contributed by atoms with Crippen molar-refractivity contribution in [3.63, 3.8) is 0 Å². The maximum atomic E-state index is 12.0. The first-order chi connectivity index (χ1) is 10.1. The highest BCUT2D eigenvalue weighted by atomic mass is 16.5. The monoisotopic (exact) mass is 291 g/mol. The van der Waals surface area contributed by atoms with Crippen LogP contribution in [0, 0.1) is 0 Å². The van der Waals surface area contributed by atoms with Crippen LogP contribution < -0.4 is 5.69 Å². The number of benzene rings is 1. The second-order valence-corrected chi connectivity index (χ2v) is 5.07. The summed E-state index contributed by atoms with van der Waals surface area (Å²) >= 11 is 0. The van der Waals surface area contributed by atoms with Crippen LogP contribution in [0.3, 0.4) is 0 Å². The quantitative estimate of drug-likeness (QED) is 0.849. The molecule has 21 heavy (non-hydrogen) atoms. The van der Waals surface area contributed by atoms with E-state index in [-0.39, 0.29) is 11.3 Å². The van der Waals surface area contributed by atoms with E-state index in [2.05, 4.69) is 9.88 Å². The Labute approximate surface area is 120 Å². The molecule has 7 nitrogen and oxygen atoms in total. The summed E-state index contributed by atoms with van der Waals surface area (Å²) in [6.45, 7) is 4.55. The Hall–Kier alpha value is -2.12. The molecular weight excluding hydrogens is 274 g/mol. The first kappa shape index (κ1) is 13.8. The van der Waals surface area contributed by atoms with Gasteiger partial charge in [-0.2, -0.15) is 0 Å². The minimum atomic E-state index is -1.00. The van der Waals surface area contributed by atoms with Gasteiger partial charge >= 0.3 is 11.7 Å². The molecule has 0 atom stereocenters. The summed E-state index contributed by atoms with van der Waals surface area (Å²) < 4.78 is 6.94. The zero-order chi connectivity index (χ0) is 14.8. The average molecular weight is 291 g/mol. The van der Waals surface area contributed by atoms with Crippen LogP contribution in [0.25, 0.3) is 11.0 Å². The van der Waals surface area contributed by atoms with Gasteiger partial charge in [-0.3, -0.25) is 9.47 Å². The molecule has 1 aliphatic rings. The number of carboxylic acids is 1. The Morgan fingerprint density at radius 2 is 2.05 bits per heavy atom. The molecule has 2 heterocycles. The third-order valence-corrected chi connectivity index (χ3v) is 3.76. The zero-order valence-electron chi connectivity index (χ0n) is 11.5. The van der Waals surface area contributed by atoms with Crippen LogP contribution in [0.15, 0.2) is 23.0 Å². The second kappa shape index (κ2) is 5.71. The SMILES string of the molecule is O=C(O)c1ccc2c(c1)[nH]c(=O)n2CCN1CCOCC1. The number of ether oxygens (including phenoxy) is 1. The van der Waals surface area contributed by atoms with Gasteiger partial charge in [0.25, 0.3) is 0 Å². The molecule has 0 unspecified atom stereocenters. The maximum Gasteiger partial charge on any atom is 0.335 e. The number of carboxylic acid groups (broad SMARTS) is 1. The fourth-order valence-electron chi connectivity index (χ4n) is 2.58. The number of nitrogens with zero attached hydrogens (tertiary/aromatic N) is 2. The van der Waals surface area contributed by atoms with Crippen molar-refractivity contribution in [2.24, 2.45) is 0 Å². The van der Waals surface area contributed by atoms with Crippen molar-refractivity contribution < 1.29 is 14.6 Å². The van der Waals surface area contributed by atoms with E-state index >= 15 is 0 Å². The second-order valence-electron chi connectivity index (χ2n) is 5.07. The minimum absolute atomic E-state index is 0.170. The molecule has 112 valence electrons. The van der Waals surface area contributed by atoms with Crippen LogP contribution in [0.2, 0.25) is 0 Å². The summed E-state index contributed by atoms with van der Waals surface area (Å²) in [5.41, 5.74) is 1.25. The van der Waals surface area contributed by atoms with Gasteiger partial charge in [0.05, 0.1) is 29.8 Å². The first-order valence-electron chi connectivity index (χ1n) is 6.91. The van der Waals surface area contributed by atoms with E-state index < -0.39 is 5.97 Å². The molecule has 0 bridgehead atoms. The van der Waals surface area contributed by atoms with Gasteiger partial charge < -0.3 is 14.8 Å². The lowest BCUT2D eigenvalue weighted by molar-refractivity contribution is 0.0364. The highest BCUT2D eigenvalue weighted by Crippen LogP contribution is 2.13. The van der Waals surface area contributed by atoms with Gasteiger partial charge in [0.15, 0.2) is 0 Å². The largest absolute Gasteiger partial charge is 0.478 e. The molecule has 7 heteroatoms. The van der Waals surface area contributed by atoms with E-state index in [1.54, 1.807) is 10.6 Å². The number of carbonyl (C=O) groups is 1. The zero-order valence-corrected chi connectivity index (χ0v) is 11.5. The molecule has 2 aromatic rings. The molecule has 1 aromatic heterocycles. The molecule has 1 fully saturated rings. The van der Waals surface area contributed by atoms with E-state index in [9.17, 15) is 9.59 Å². The summed E-state index contributed by atoms with van der Waals surface area (Å²) in [6.07, 6.45) is 0. The molecule has 1 saturated heterocycles. The molecule has 1 aliphatic heterocycles. The third-order valence-electron chi connectivity index (χ3n) is 3.76. The lowest BCUT2D eigenvalue weighted by Crippen LogP contribution is -2.39. The number of hydrogen-bond acceptors (Lipinski definition) is 4. The lowest BCUT2D eigenvalue weighted by atomic mass is 10.2. The molecule has 1 aromatic carbocycles. The van der Waals surface area contributed by atoms with Crippen molar-refractivity contribution in [1.29, 1.82) is 0 Å². The van der Waals surface area contributed by atoms with Gasteiger partial charge in [0.1, 0.15) is 0 Å². The van der Waals surface area contributed by atoms with E-state index in [0.717, 1.165) is 38.4 Å². The molecule has 0 radical (unpaired) electrons. The number of imidazole rings is 1. The van der Waals surface area contributed by atoms with Crippen molar-refractivity contribution in [1.82, 2.24) is 14.5 Å². The fraction of sp³-hybridized carbons (Fsp3) is 0.429. The molecular formula is C14H17N3O4. The topological polar surface area (TPSA) is 87.6 Å². The minimum Gasteiger partial charge on any atom is -0.478 e. The Kier molecular flexibility index (Phi) is 3.76. The van der Waals surface area contributed by atoms with Crippen molar-refractivity contribution in [3.8, 4) is 0 Å². The fourth-order valence-corrected chi connectivity index (χ4v) is 2.58. The Balaban J connectivity index is 1.82. The Morgan fingerprint density at radius 1 is 1.29 bits per heavy atom. The van der Waals surface area contributed by atoms with Gasteiger partial charge in [-0.15, -0.1) is 0 Å². The lowest BCUT2D eigenvalue weighted by Gasteiger charge is -2.26.